The number of halogens is 1. The molecule has 0 aromatic carbocycles. The Balaban J connectivity index is 2.13. The Bertz CT molecular complexity index is 448. The summed E-state index contributed by atoms with van der Waals surface area (Å²) in [6, 6.07) is 0. The molecule has 0 spiro atoms. The largest absolute Gasteiger partial charge is 0.480 e. The molecule has 0 N–H and O–H groups in total. The van der Waals surface area contributed by atoms with Crippen LogP contribution in [0.4, 0.5) is 5.95 Å². The van der Waals surface area contributed by atoms with Gasteiger partial charge in [-0.05, 0) is 49.3 Å². The molecule has 5 nitrogen and oxygen atoms in total. The molecular formula is C13H21BrN4O. The van der Waals surface area contributed by atoms with Gasteiger partial charge < -0.3 is 14.5 Å². The highest BCUT2D eigenvalue weighted by molar-refractivity contribution is 9.10. The van der Waals surface area contributed by atoms with Gasteiger partial charge in [-0.2, -0.15) is 4.98 Å². The van der Waals surface area contributed by atoms with Gasteiger partial charge in [0.25, 0.3) is 0 Å². The third-order valence-electron chi connectivity index (χ3n) is 4.00. The average molecular weight is 329 g/mol. The molecule has 1 saturated carbocycles. The lowest BCUT2D eigenvalue weighted by Crippen LogP contribution is -2.57. The van der Waals surface area contributed by atoms with Crippen LogP contribution in [0.25, 0.3) is 0 Å². The van der Waals surface area contributed by atoms with E-state index in [0.29, 0.717) is 11.8 Å². The monoisotopic (exact) mass is 328 g/mol. The van der Waals surface area contributed by atoms with Crippen molar-refractivity contribution in [1.29, 1.82) is 0 Å². The molecule has 1 aliphatic rings. The molecule has 1 aliphatic carbocycles. The number of hydrogen-bond acceptors (Lipinski definition) is 5. The minimum atomic E-state index is 0.262. The predicted molar refractivity (Wildman–Crippen MR) is 79.8 cm³/mol. The molecule has 19 heavy (non-hydrogen) atoms. The van der Waals surface area contributed by atoms with Crippen LogP contribution in [0.1, 0.15) is 19.3 Å². The molecule has 1 heterocycles. The van der Waals surface area contributed by atoms with Crippen LogP contribution in [0.2, 0.25) is 0 Å². The molecule has 6 heteroatoms. The van der Waals surface area contributed by atoms with Crippen molar-refractivity contribution in [3.05, 3.63) is 10.7 Å². The zero-order valence-electron chi connectivity index (χ0n) is 12.0. The van der Waals surface area contributed by atoms with Crippen LogP contribution < -0.4 is 9.64 Å². The topological polar surface area (TPSA) is 41.5 Å². The molecule has 0 atom stereocenters. The summed E-state index contributed by atoms with van der Waals surface area (Å²) in [6.45, 7) is 0.935. The molecule has 1 aromatic heterocycles. The van der Waals surface area contributed by atoms with Gasteiger partial charge in [-0.15, -0.1) is 0 Å². The van der Waals surface area contributed by atoms with Gasteiger partial charge in [-0.25, -0.2) is 4.98 Å². The van der Waals surface area contributed by atoms with Crippen molar-refractivity contribution in [2.24, 2.45) is 0 Å². The standard InChI is InChI=1S/C13H21BrN4O/c1-17(2)13(6-5-7-13)9-18(3)12-15-8-10(14)11(16-12)19-4/h8H,5-7,9H2,1-4H3. The van der Waals surface area contributed by atoms with Gasteiger partial charge in [0, 0.05) is 19.1 Å². The first kappa shape index (κ1) is 14.5. The van der Waals surface area contributed by atoms with Crippen molar-refractivity contribution < 1.29 is 4.74 Å². The van der Waals surface area contributed by atoms with Crippen molar-refractivity contribution in [2.45, 2.75) is 24.8 Å². The third kappa shape index (κ3) is 2.84. The van der Waals surface area contributed by atoms with Crippen molar-refractivity contribution in [3.63, 3.8) is 0 Å². The van der Waals surface area contributed by atoms with Crippen LogP contribution in [0.3, 0.4) is 0 Å². The molecule has 106 valence electrons. The number of rotatable bonds is 5. The summed E-state index contributed by atoms with van der Waals surface area (Å²) in [5.74, 6) is 1.28. The van der Waals surface area contributed by atoms with Crippen molar-refractivity contribution >= 4 is 21.9 Å². The van der Waals surface area contributed by atoms with Gasteiger partial charge in [0.2, 0.25) is 11.8 Å². The maximum absolute atomic E-state index is 5.22. The van der Waals surface area contributed by atoms with Crippen molar-refractivity contribution in [3.8, 4) is 5.88 Å². The van der Waals surface area contributed by atoms with E-state index in [0.717, 1.165) is 11.0 Å². The van der Waals surface area contributed by atoms with Crippen LogP contribution in [0, 0.1) is 0 Å². The Hall–Kier alpha value is -0.880. The van der Waals surface area contributed by atoms with E-state index in [1.807, 2.05) is 7.05 Å². The van der Waals surface area contributed by atoms with E-state index in [4.69, 9.17) is 4.74 Å². The quantitative estimate of drug-likeness (QED) is 0.828. The first-order valence-corrected chi connectivity index (χ1v) is 7.23. The van der Waals surface area contributed by atoms with Crippen molar-refractivity contribution in [1.82, 2.24) is 14.9 Å². The Morgan fingerprint density at radius 1 is 1.37 bits per heavy atom. The lowest BCUT2D eigenvalue weighted by molar-refractivity contribution is 0.0680. The lowest BCUT2D eigenvalue weighted by atomic mass is 9.75. The van der Waals surface area contributed by atoms with Gasteiger partial charge in [0.15, 0.2) is 0 Å². The van der Waals surface area contributed by atoms with E-state index < -0.39 is 0 Å². The fraction of sp³-hybridized carbons (Fsp3) is 0.692. The molecular weight excluding hydrogens is 308 g/mol. The minimum absolute atomic E-state index is 0.262. The van der Waals surface area contributed by atoms with E-state index in [-0.39, 0.29) is 5.54 Å². The van der Waals surface area contributed by atoms with Gasteiger partial charge in [0.1, 0.15) is 0 Å². The maximum Gasteiger partial charge on any atom is 0.232 e. The Morgan fingerprint density at radius 2 is 2.05 bits per heavy atom. The zero-order valence-corrected chi connectivity index (χ0v) is 13.6. The lowest BCUT2D eigenvalue weighted by Gasteiger charge is -2.49. The fourth-order valence-electron chi connectivity index (χ4n) is 2.51. The molecule has 0 amide bonds. The van der Waals surface area contributed by atoms with Gasteiger partial charge in [0.05, 0.1) is 17.8 Å². The second-order valence-corrected chi connectivity index (χ2v) is 6.21. The highest BCUT2D eigenvalue weighted by atomic mass is 79.9. The van der Waals surface area contributed by atoms with Gasteiger partial charge >= 0.3 is 0 Å². The molecule has 2 rings (SSSR count). The Morgan fingerprint density at radius 3 is 2.53 bits per heavy atom. The van der Waals surface area contributed by atoms with Crippen LogP contribution >= 0.6 is 15.9 Å². The fourth-order valence-corrected chi connectivity index (χ4v) is 2.87. The Labute approximate surface area is 123 Å². The van der Waals surface area contributed by atoms with Crippen LogP contribution in [0.15, 0.2) is 10.7 Å². The number of anilines is 1. The molecule has 0 saturated heterocycles. The molecule has 1 aromatic rings. The highest BCUT2D eigenvalue weighted by Crippen LogP contribution is 2.37. The van der Waals surface area contributed by atoms with E-state index >= 15 is 0 Å². The normalized spacial score (nSPS) is 17.2. The second-order valence-electron chi connectivity index (χ2n) is 5.36. The number of likely N-dealkylation sites (N-methyl/N-ethyl adjacent to an activating group) is 2. The summed E-state index contributed by atoms with van der Waals surface area (Å²) in [7, 11) is 7.95. The van der Waals surface area contributed by atoms with E-state index in [1.54, 1.807) is 13.3 Å². The maximum atomic E-state index is 5.22. The smallest absolute Gasteiger partial charge is 0.232 e. The molecule has 1 fully saturated rings. The first-order chi connectivity index (χ1) is 8.98. The van der Waals surface area contributed by atoms with E-state index in [9.17, 15) is 0 Å². The summed E-state index contributed by atoms with van der Waals surface area (Å²) in [5.41, 5.74) is 0.262. The van der Waals surface area contributed by atoms with Crippen molar-refractivity contribution in [2.75, 3.05) is 39.7 Å². The Kier molecular flexibility index (Phi) is 4.30. The number of aromatic nitrogens is 2. The molecule has 0 radical (unpaired) electrons. The van der Waals surface area contributed by atoms with Gasteiger partial charge in [-0.1, -0.05) is 0 Å². The summed E-state index contributed by atoms with van der Waals surface area (Å²) in [5, 5.41) is 0. The molecule has 0 aliphatic heterocycles. The molecule has 0 bridgehead atoms. The predicted octanol–water partition coefficient (Wildman–Crippen LogP) is 2.17. The number of hydrogen-bond donors (Lipinski definition) is 0. The van der Waals surface area contributed by atoms with Crippen LogP contribution in [0.5, 0.6) is 5.88 Å². The van der Waals surface area contributed by atoms with Crippen LogP contribution in [-0.2, 0) is 0 Å². The van der Waals surface area contributed by atoms with E-state index in [1.165, 1.54) is 19.3 Å². The molecule has 0 unspecified atom stereocenters. The summed E-state index contributed by atoms with van der Waals surface area (Å²) in [6.07, 6.45) is 5.51. The number of ether oxygens (including phenoxy) is 1. The first-order valence-electron chi connectivity index (χ1n) is 6.43. The minimum Gasteiger partial charge on any atom is -0.480 e. The zero-order chi connectivity index (χ0) is 14.0. The highest BCUT2D eigenvalue weighted by Gasteiger charge is 2.40. The summed E-state index contributed by atoms with van der Waals surface area (Å²) in [4.78, 5) is 13.2. The third-order valence-corrected chi connectivity index (χ3v) is 4.54. The second kappa shape index (κ2) is 5.63. The SMILES string of the molecule is COc1nc(N(C)CC2(N(C)C)CCC2)ncc1Br. The van der Waals surface area contributed by atoms with E-state index in [2.05, 4.69) is 49.8 Å². The summed E-state index contributed by atoms with van der Waals surface area (Å²) >= 11 is 3.37. The van der Waals surface area contributed by atoms with Gasteiger partial charge in [-0.3, -0.25) is 0 Å². The summed E-state index contributed by atoms with van der Waals surface area (Å²) < 4.78 is 5.99. The number of methoxy groups -OCH3 is 1. The number of nitrogens with zero attached hydrogens (tertiary/aromatic N) is 4. The van der Waals surface area contributed by atoms with Crippen LogP contribution in [-0.4, -0.2) is 55.2 Å². The average Bonchev–Trinajstić information content (AvgIpc) is 2.33.